The largest absolute Gasteiger partial charge is 0.386 e. The average Bonchev–Trinajstić information content (AvgIpc) is 2.54. The van der Waals surface area contributed by atoms with Crippen molar-refractivity contribution in [3.05, 3.63) is 0 Å². The molecular weight excluding hydrogens is 318 g/mol. The first kappa shape index (κ1) is 24.2. The number of nitrogens with zero attached hydrogens (tertiary/aromatic N) is 1. The number of aliphatic hydroxyl groups excluding tert-OH is 1. The number of unbranched alkanes of at least 4 members (excludes halogenated alkanes) is 13. The lowest BCUT2D eigenvalue weighted by atomic mass is 10.0. The van der Waals surface area contributed by atoms with Crippen molar-refractivity contribution in [2.75, 3.05) is 20.6 Å². The molecule has 0 rings (SSSR count). The lowest BCUT2D eigenvalue weighted by Crippen LogP contribution is -2.51. The lowest BCUT2D eigenvalue weighted by Gasteiger charge is -2.35. The number of hydrogen-bond donors (Lipinski definition) is 1. The summed E-state index contributed by atoms with van der Waals surface area (Å²) in [6, 6.07) is 0. The number of quaternary nitrogens is 1. The highest BCUT2D eigenvalue weighted by Gasteiger charge is 2.29. The molecule has 0 saturated heterocycles. The topological polar surface area (TPSA) is 20.2 Å². The fourth-order valence-corrected chi connectivity index (χ4v) is 3.52. The summed E-state index contributed by atoms with van der Waals surface area (Å²) in [5.74, 6) is 0. The van der Waals surface area contributed by atoms with Gasteiger partial charge in [0.1, 0.15) is 6.10 Å². The van der Waals surface area contributed by atoms with Crippen LogP contribution < -0.4 is 0 Å². The Balaban J connectivity index is 3.31. The minimum Gasteiger partial charge on any atom is -0.386 e. The van der Waals surface area contributed by atoms with Gasteiger partial charge in [-0.1, -0.05) is 95.6 Å². The summed E-state index contributed by atoms with van der Waals surface area (Å²) >= 11 is 6.29. The SMILES string of the molecule is CCCCCCCCCCCCCCCC[N+](C)(C)C(Cl)C(C)O. The molecular formula is C21H45ClNO+. The Labute approximate surface area is 157 Å². The van der Waals surface area contributed by atoms with E-state index in [-0.39, 0.29) is 5.50 Å². The van der Waals surface area contributed by atoms with Gasteiger partial charge in [0.25, 0.3) is 0 Å². The van der Waals surface area contributed by atoms with Gasteiger partial charge in [0, 0.05) is 0 Å². The number of rotatable bonds is 17. The van der Waals surface area contributed by atoms with Crippen LogP contribution in [0.2, 0.25) is 0 Å². The van der Waals surface area contributed by atoms with E-state index in [4.69, 9.17) is 11.6 Å². The molecule has 0 aromatic heterocycles. The Kier molecular flexibility index (Phi) is 15.6. The van der Waals surface area contributed by atoms with Crippen LogP contribution in [0.25, 0.3) is 0 Å². The van der Waals surface area contributed by atoms with Crippen molar-refractivity contribution in [3.63, 3.8) is 0 Å². The summed E-state index contributed by atoms with van der Waals surface area (Å²) in [6.45, 7) is 5.12. The van der Waals surface area contributed by atoms with E-state index in [2.05, 4.69) is 21.0 Å². The number of alkyl halides is 1. The van der Waals surface area contributed by atoms with Gasteiger partial charge in [-0.2, -0.15) is 0 Å². The van der Waals surface area contributed by atoms with Gasteiger partial charge in [0.2, 0.25) is 0 Å². The zero-order valence-corrected chi connectivity index (χ0v) is 17.8. The van der Waals surface area contributed by atoms with E-state index in [0.29, 0.717) is 4.48 Å². The Hall–Kier alpha value is 0.210. The van der Waals surface area contributed by atoms with Crippen LogP contribution >= 0.6 is 11.6 Å². The number of aliphatic hydroxyl groups is 1. The van der Waals surface area contributed by atoms with Crippen molar-refractivity contribution in [3.8, 4) is 0 Å². The highest BCUT2D eigenvalue weighted by molar-refractivity contribution is 6.19. The Morgan fingerprint density at radius 2 is 1.04 bits per heavy atom. The summed E-state index contributed by atoms with van der Waals surface area (Å²) < 4.78 is 0.706. The maximum Gasteiger partial charge on any atom is 0.190 e. The zero-order chi connectivity index (χ0) is 18.3. The molecule has 0 bridgehead atoms. The van der Waals surface area contributed by atoms with Crippen LogP contribution in [0, 0.1) is 0 Å². The van der Waals surface area contributed by atoms with E-state index in [0.717, 1.165) is 6.54 Å². The highest BCUT2D eigenvalue weighted by Crippen LogP contribution is 2.18. The normalized spacial score (nSPS) is 14.8. The minimum absolute atomic E-state index is 0.202. The van der Waals surface area contributed by atoms with Gasteiger partial charge in [-0.25, -0.2) is 0 Å². The first-order chi connectivity index (χ1) is 11.4. The molecule has 24 heavy (non-hydrogen) atoms. The number of likely N-dealkylation sites (N-methyl/N-ethyl adjacent to an activating group) is 1. The Bertz CT molecular complexity index is 269. The molecule has 2 atom stereocenters. The molecule has 1 N–H and O–H groups in total. The molecule has 3 heteroatoms. The number of halogens is 1. The zero-order valence-electron chi connectivity index (χ0n) is 17.0. The predicted octanol–water partition coefficient (Wildman–Crippen LogP) is 6.49. The molecule has 0 radical (unpaired) electrons. The smallest absolute Gasteiger partial charge is 0.190 e. The maximum atomic E-state index is 9.62. The van der Waals surface area contributed by atoms with Crippen LogP contribution in [0.1, 0.15) is 104 Å². The van der Waals surface area contributed by atoms with Crippen LogP contribution in [0.5, 0.6) is 0 Å². The Morgan fingerprint density at radius 1 is 0.708 bits per heavy atom. The van der Waals surface area contributed by atoms with Gasteiger partial charge >= 0.3 is 0 Å². The summed E-state index contributed by atoms with van der Waals surface area (Å²) in [7, 11) is 4.24. The third kappa shape index (κ3) is 13.5. The number of hydrogen-bond acceptors (Lipinski definition) is 1. The van der Waals surface area contributed by atoms with Crippen LogP contribution in [-0.2, 0) is 0 Å². The van der Waals surface area contributed by atoms with E-state index in [1.54, 1.807) is 6.92 Å². The highest BCUT2D eigenvalue weighted by atomic mass is 35.5. The predicted molar refractivity (Wildman–Crippen MR) is 109 cm³/mol. The molecule has 0 aliphatic rings. The molecule has 0 spiro atoms. The fraction of sp³-hybridized carbons (Fsp3) is 1.00. The molecule has 2 unspecified atom stereocenters. The quantitative estimate of drug-likeness (QED) is 0.136. The van der Waals surface area contributed by atoms with E-state index in [1.165, 1.54) is 89.9 Å². The second-order valence-corrected chi connectivity index (χ2v) is 8.66. The van der Waals surface area contributed by atoms with E-state index in [9.17, 15) is 5.11 Å². The Morgan fingerprint density at radius 3 is 1.38 bits per heavy atom. The monoisotopic (exact) mass is 362 g/mol. The van der Waals surface area contributed by atoms with Crippen molar-refractivity contribution in [2.45, 2.75) is 115 Å². The van der Waals surface area contributed by atoms with Crippen molar-refractivity contribution in [2.24, 2.45) is 0 Å². The summed E-state index contributed by atoms with van der Waals surface area (Å²) in [5, 5.41) is 9.62. The summed E-state index contributed by atoms with van der Waals surface area (Å²) in [5.41, 5.74) is -0.202. The van der Waals surface area contributed by atoms with Gasteiger partial charge in [-0.05, 0) is 19.8 Å². The summed E-state index contributed by atoms with van der Waals surface area (Å²) in [6.07, 6.45) is 19.0. The maximum absolute atomic E-state index is 9.62. The summed E-state index contributed by atoms with van der Waals surface area (Å²) in [4.78, 5) is 0. The van der Waals surface area contributed by atoms with Gasteiger partial charge < -0.3 is 9.59 Å². The molecule has 146 valence electrons. The van der Waals surface area contributed by atoms with Crippen LogP contribution in [0.15, 0.2) is 0 Å². The van der Waals surface area contributed by atoms with Gasteiger partial charge in [-0.3, -0.25) is 0 Å². The molecule has 0 aromatic carbocycles. The third-order valence-electron chi connectivity index (χ3n) is 5.15. The van der Waals surface area contributed by atoms with Gasteiger partial charge in [-0.15, -0.1) is 0 Å². The molecule has 0 amide bonds. The third-order valence-corrected chi connectivity index (χ3v) is 6.05. The molecule has 0 aromatic rings. The van der Waals surface area contributed by atoms with Crippen molar-refractivity contribution in [1.82, 2.24) is 0 Å². The van der Waals surface area contributed by atoms with Crippen molar-refractivity contribution >= 4 is 11.6 Å². The van der Waals surface area contributed by atoms with Crippen molar-refractivity contribution < 1.29 is 9.59 Å². The molecule has 2 nitrogen and oxygen atoms in total. The van der Waals surface area contributed by atoms with Crippen LogP contribution in [0.3, 0.4) is 0 Å². The van der Waals surface area contributed by atoms with Crippen molar-refractivity contribution in [1.29, 1.82) is 0 Å². The molecule has 0 aliphatic heterocycles. The fourth-order valence-electron chi connectivity index (χ4n) is 3.42. The van der Waals surface area contributed by atoms with Gasteiger partial charge in [0.05, 0.1) is 20.6 Å². The minimum atomic E-state index is -0.451. The molecule has 0 saturated carbocycles. The molecule has 0 heterocycles. The standard InChI is InChI=1S/C21H45ClNO/c1-5-6-7-8-9-10-11-12-13-14-15-16-17-18-19-23(3,4)21(22)20(2)24/h20-21,24H,5-19H2,1-4H3/q+1. The average molecular weight is 363 g/mol. The van der Waals surface area contributed by atoms with E-state index >= 15 is 0 Å². The second kappa shape index (κ2) is 15.5. The van der Waals surface area contributed by atoms with E-state index < -0.39 is 6.10 Å². The first-order valence-corrected chi connectivity index (χ1v) is 11.0. The lowest BCUT2D eigenvalue weighted by molar-refractivity contribution is -0.905. The first-order valence-electron chi connectivity index (χ1n) is 10.6. The van der Waals surface area contributed by atoms with E-state index in [1.807, 2.05) is 0 Å². The van der Waals surface area contributed by atoms with Crippen LogP contribution in [-0.4, -0.2) is 41.8 Å². The van der Waals surface area contributed by atoms with Gasteiger partial charge in [0.15, 0.2) is 5.50 Å². The van der Waals surface area contributed by atoms with Crippen LogP contribution in [0.4, 0.5) is 0 Å². The molecule has 0 aliphatic carbocycles. The second-order valence-electron chi connectivity index (χ2n) is 8.21. The molecule has 0 fully saturated rings.